The van der Waals surface area contributed by atoms with E-state index in [1.165, 1.54) is 21.6 Å². The molecule has 2 nitrogen and oxygen atoms in total. The number of nitrogens with zero attached hydrogens (tertiary/aromatic N) is 2. The maximum absolute atomic E-state index is 5.13. The normalized spacial score (nSPS) is 13.9. The second-order valence-electron chi connectivity index (χ2n) is 7.52. The van der Waals surface area contributed by atoms with E-state index < -0.39 is 8.07 Å². The van der Waals surface area contributed by atoms with Crippen molar-refractivity contribution < 1.29 is 0 Å². The van der Waals surface area contributed by atoms with Crippen LogP contribution in [0.2, 0.25) is 13.1 Å². The van der Waals surface area contributed by atoms with E-state index in [0.717, 1.165) is 22.6 Å². The minimum Gasteiger partial charge on any atom is -0.237 e. The molecular weight excluding hydrogens is 344 g/mol. The van der Waals surface area contributed by atoms with E-state index in [-0.39, 0.29) is 0 Å². The second-order valence-corrected chi connectivity index (χ2v) is 11.8. The molecule has 5 rings (SSSR count). The highest BCUT2D eigenvalue weighted by atomic mass is 28.3. The number of hydrogen-bond acceptors (Lipinski definition) is 2. The van der Waals surface area contributed by atoms with Crippen molar-refractivity contribution in [3.8, 4) is 33.8 Å². The van der Waals surface area contributed by atoms with Crippen molar-refractivity contribution in [1.29, 1.82) is 0 Å². The van der Waals surface area contributed by atoms with E-state index in [1.807, 2.05) is 18.2 Å². The first kappa shape index (κ1) is 16.2. The Hall–Kier alpha value is -3.04. The summed E-state index contributed by atoms with van der Waals surface area (Å²) in [6, 6.07) is 29.6. The van der Waals surface area contributed by atoms with Crippen molar-refractivity contribution in [1.82, 2.24) is 9.97 Å². The van der Waals surface area contributed by atoms with Crippen LogP contribution < -0.4 is 10.5 Å². The third-order valence-corrected chi connectivity index (χ3v) is 8.78. The van der Waals surface area contributed by atoms with Crippen molar-refractivity contribution in [2.24, 2.45) is 0 Å². The highest BCUT2D eigenvalue weighted by molar-refractivity contribution is 7.03. The fourth-order valence-corrected chi connectivity index (χ4v) is 6.98. The SMILES string of the molecule is C[Si]1(C)c2ccccc2-c2c(-c3ccccc3)nc(-c3ccccc3)nc21. The molecule has 2 heterocycles. The zero-order valence-corrected chi connectivity index (χ0v) is 16.5. The molecule has 0 spiro atoms. The number of fused-ring (bicyclic) bond motifs is 3. The summed E-state index contributed by atoms with van der Waals surface area (Å²) in [6.07, 6.45) is 0. The molecule has 0 atom stereocenters. The van der Waals surface area contributed by atoms with Gasteiger partial charge in [-0.25, -0.2) is 9.97 Å². The van der Waals surface area contributed by atoms with Crippen molar-refractivity contribution >= 4 is 18.6 Å². The molecule has 0 N–H and O–H groups in total. The lowest BCUT2D eigenvalue weighted by molar-refractivity contribution is 1.21. The highest BCUT2D eigenvalue weighted by Gasteiger charge is 2.41. The Balaban J connectivity index is 1.87. The average molecular weight is 365 g/mol. The first-order valence-electron chi connectivity index (χ1n) is 9.29. The lowest BCUT2D eigenvalue weighted by Gasteiger charge is -2.18. The van der Waals surface area contributed by atoms with E-state index in [9.17, 15) is 0 Å². The summed E-state index contributed by atoms with van der Waals surface area (Å²) in [5.74, 6) is 0.821. The number of aromatic nitrogens is 2. The fraction of sp³-hybridized carbons (Fsp3) is 0.0833. The Morgan fingerprint density at radius 2 is 1.22 bits per heavy atom. The van der Waals surface area contributed by atoms with Gasteiger partial charge in [0.1, 0.15) is 8.07 Å². The molecule has 0 saturated carbocycles. The molecule has 3 heteroatoms. The van der Waals surface area contributed by atoms with E-state index in [1.54, 1.807) is 0 Å². The molecular formula is C24H20N2Si. The van der Waals surface area contributed by atoms with Gasteiger partial charge in [0.05, 0.1) is 5.69 Å². The molecule has 0 radical (unpaired) electrons. The van der Waals surface area contributed by atoms with Crippen LogP contribution in [0.1, 0.15) is 0 Å². The highest BCUT2D eigenvalue weighted by Crippen LogP contribution is 2.35. The third-order valence-electron chi connectivity index (χ3n) is 5.45. The predicted octanol–water partition coefficient (Wildman–Crippen LogP) is 4.61. The standard InChI is InChI=1S/C24H20N2Si/c1-27(2)20-16-10-9-15-19(20)21-22(17-11-5-3-6-12-17)25-23(26-24(21)27)18-13-7-4-8-14-18/h3-16H,1-2H3. The molecule has 0 unspecified atom stereocenters. The van der Waals surface area contributed by atoms with Gasteiger partial charge in [-0.2, -0.15) is 0 Å². The van der Waals surface area contributed by atoms with E-state index in [0.29, 0.717) is 0 Å². The first-order valence-corrected chi connectivity index (χ1v) is 12.3. The molecule has 1 aromatic heterocycles. The van der Waals surface area contributed by atoms with E-state index in [2.05, 4.69) is 79.8 Å². The van der Waals surface area contributed by atoms with Gasteiger partial charge in [0, 0.05) is 22.0 Å². The Morgan fingerprint density at radius 1 is 0.630 bits per heavy atom. The molecule has 0 aliphatic carbocycles. The Bertz CT molecular complexity index is 1140. The van der Waals surface area contributed by atoms with Crippen LogP contribution in [0.3, 0.4) is 0 Å². The number of benzene rings is 3. The Morgan fingerprint density at radius 3 is 1.93 bits per heavy atom. The van der Waals surface area contributed by atoms with Gasteiger partial charge in [-0.1, -0.05) is 98.0 Å². The minimum atomic E-state index is -1.86. The van der Waals surface area contributed by atoms with E-state index in [4.69, 9.17) is 9.97 Å². The van der Waals surface area contributed by atoms with Crippen LogP contribution in [0.25, 0.3) is 33.8 Å². The van der Waals surface area contributed by atoms with Crippen molar-refractivity contribution in [2.75, 3.05) is 0 Å². The molecule has 1 aliphatic heterocycles. The summed E-state index contributed by atoms with van der Waals surface area (Å²) in [7, 11) is -1.86. The van der Waals surface area contributed by atoms with Gasteiger partial charge in [0.25, 0.3) is 0 Å². The minimum absolute atomic E-state index is 0.821. The molecule has 3 aromatic carbocycles. The van der Waals surface area contributed by atoms with Gasteiger partial charge in [0.15, 0.2) is 5.82 Å². The third kappa shape index (κ3) is 2.46. The molecule has 27 heavy (non-hydrogen) atoms. The smallest absolute Gasteiger partial charge is 0.159 e. The largest absolute Gasteiger partial charge is 0.237 e. The van der Waals surface area contributed by atoms with Crippen LogP contribution in [-0.2, 0) is 0 Å². The summed E-state index contributed by atoms with van der Waals surface area (Å²) in [5, 5.41) is 2.70. The Kier molecular flexibility index (Phi) is 3.59. The van der Waals surface area contributed by atoms with Gasteiger partial charge in [-0.3, -0.25) is 0 Å². The van der Waals surface area contributed by atoms with Gasteiger partial charge in [0.2, 0.25) is 0 Å². The number of rotatable bonds is 2. The lowest BCUT2D eigenvalue weighted by atomic mass is 10.0. The fourth-order valence-electron chi connectivity index (χ4n) is 4.06. The molecule has 4 aromatic rings. The molecule has 0 bridgehead atoms. The predicted molar refractivity (Wildman–Crippen MR) is 115 cm³/mol. The van der Waals surface area contributed by atoms with Gasteiger partial charge in [-0.15, -0.1) is 0 Å². The van der Waals surface area contributed by atoms with Crippen LogP contribution in [0.15, 0.2) is 84.9 Å². The Labute approximate surface area is 160 Å². The quantitative estimate of drug-likeness (QED) is 0.485. The summed E-state index contributed by atoms with van der Waals surface area (Å²) >= 11 is 0. The zero-order valence-electron chi connectivity index (χ0n) is 15.5. The summed E-state index contributed by atoms with van der Waals surface area (Å²) in [4.78, 5) is 10.2. The monoisotopic (exact) mass is 364 g/mol. The molecule has 1 aliphatic rings. The van der Waals surface area contributed by atoms with Gasteiger partial charge in [-0.05, 0) is 10.8 Å². The van der Waals surface area contributed by atoms with Crippen molar-refractivity contribution in [3.05, 3.63) is 84.9 Å². The summed E-state index contributed by atoms with van der Waals surface area (Å²) in [5.41, 5.74) is 5.80. The zero-order chi connectivity index (χ0) is 18.4. The molecule has 0 amide bonds. The maximum Gasteiger partial charge on any atom is 0.159 e. The van der Waals surface area contributed by atoms with Gasteiger partial charge >= 0.3 is 0 Å². The molecule has 0 saturated heterocycles. The van der Waals surface area contributed by atoms with Crippen molar-refractivity contribution in [2.45, 2.75) is 13.1 Å². The van der Waals surface area contributed by atoms with Crippen LogP contribution in [0.4, 0.5) is 0 Å². The molecule has 0 fully saturated rings. The van der Waals surface area contributed by atoms with Crippen LogP contribution in [0, 0.1) is 0 Å². The second kappa shape index (κ2) is 6.00. The topological polar surface area (TPSA) is 25.8 Å². The van der Waals surface area contributed by atoms with Gasteiger partial charge < -0.3 is 0 Å². The summed E-state index contributed by atoms with van der Waals surface area (Å²) in [6.45, 7) is 4.79. The van der Waals surface area contributed by atoms with Crippen LogP contribution in [0.5, 0.6) is 0 Å². The summed E-state index contributed by atoms with van der Waals surface area (Å²) < 4.78 is 0. The number of hydrogen-bond donors (Lipinski definition) is 0. The first-order chi connectivity index (χ1) is 13.2. The van der Waals surface area contributed by atoms with Crippen molar-refractivity contribution in [3.63, 3.8) is 0 Å². The van der Waals surface area contributed by atoms with Crippen LogP contribution in [-0.4, -0.2) is 18.0 Å². The molecule has 130 valence electrons. The van der Waals surface area contributed by atoms with E-state index >= 15 is 0 Å². The average Bonchev–Trinajstić information content (AvgIpc) is 2.96. The van der Waals surface area contributed by atoms with Crippen LogP contribution >= 0.6 is 0 Å². The maximum atomic E-state index is 5.13. The lowest BCUT2D eigenvalue weighted by Crippen LogP contribution is -2.50.